The second kappa shape index (κ2) is 6.61. The van der Waals surface area contributed by atoms with Gasteiger partial charge in [0.25, 0.3) is 0 Å². The number of hydrogen-bond acceptors (Lipinski definition) is 3. The van der Waals surface area contributed by atoms with Crippen LogP contribution in [0.25, 0.3) is 10.9 Å². The monoisotopic (exact) mass is 379 g/mol. The number of hydrogen-bond donors (Lipinski definition) is 0. The van der Waals surface area contributed by atoms with Crippen LogP contribution < -0.4 is 5.43 Å². The summed E-state index contributed by atoms with van der Waals surface area (Å²) in [4.78, 5) is 12.3. The van der Waals surface area contributed by atoms with Crippen molar-refractivity contribution in [1.82, 2.24) is 4.57 Å². The van der Waals surface area contributed by atoms with Crippen molar-refractivity contribution in [2.45, 2.75) is 29.7 Å². The van der Waals surface area contributed by atoms with Crippen LogP contribution in [0.4, 0.5) is 4.39 Å². The molecule has 130 valence electrons. The topological polar surface area (TPSA) is 56.1 Å². The largest absolute Gasteiger partial charge is 0.346 e. The van der Waals surface area contributed by atoms with Gasteiger partial charge in [-0.25, -0.2) is 12.8 Å². The highest BCUT2D eigenvalue weighted by atomic mass is 35.5. The summed E-state index contributed by atoms with van der Waals surface area (Å²) in [5.41, 5.74) is -0.208. The van der Waals surface area contributed by atoms with E-state index in [4.69, 9.17) is 11.6 Å². The first kappa shape index (κ1) is 17.6. The molecule has 7 heteroatoms. The van der Waals surface area contributed by atoms with E-state index in [2.05, 4.69) is 0 Å². The average Bonchev–Trinajstić information content (AvgIpc) is 2.58. The standard InChI is InChI=1S/C18H15ClFNO3S/c1-2-9-21-11-17(18(22)15-10-13(20)5-8-16(15)21)25(23,24)14-6-3-12(19)4-7-14/h3-8,10-11H,2,9H2,1H3. The lowest BCUT2D eigenvalue weighted by Crippen LogP contribution is -2.19. The van der Waals surface area contributed by atoms with Crippen LogP contribution >= 0.6 is 11.6 Å². The molecule has 0 fully saturated rings. The lowest BCUT2D eigenvalue weighted by Gasteiger charge is -2.13. The summed E-state index contributed by atoms with van der Waals surface area (Å²) >= 11 is 5.80. The third-order valence-electron chi connectivity index (χ3n) is 3.89. The summed E-state index contributed by atoms with van der Waals surface area (Å²) in [6.07, 6.45) is 2.06. The Labute approximate surface area is 149 Å². The molecule has 25 heavy (non-hydrogen) atoms. The van der Waals surface area contributed by atoms with Gasteiger partial charge >= 0.3 is 0 Å². The van der Waals surface area contributed by atoms with Gasteiger partial charge in [-0.2, -0.15) is 0 Å². The Balaban J connectivity index is 2.34. The molecule has 3 aromatic rings. The Kier molecular flexibility index (Phi) is 4.67. The molecule has 0 N–H and O–H groups in total. The first-order valence-electron chi connectivity index (χ1n) is 7.68. The van der Waals surface area contributed by atoms with E-state index >= 15 is 0 Å². The highest BCUT2D eigenvalue weighted by Gasteiger charge is 2.24. The first-order valence-corrected chi connectivity index (χ1v) is 9.54. The Morgan fingerprint density at radius 1 is 1.12 bits per heavy atom. The Morgan fingerprint density at radius 2 is 1.80 bits per heavy atom. The molecule has 0 saturated heterocycles. The molecule has 0 amide bonds. The average molecular weight is 380 g/mol. The van der Waals surface area contributed by atoms with Crippen LogP contribution in [0, 0.1) is 5.82 Å². The van der Waals surface area contributed by atoms with E-state index < -0.39 is 21.1 Å². The van der Waals surface area contributed by atoms with E-state index in [9.17, 15) is 17.6 Å². The van der Waals surface area contributed by atoms with Gasteiger partial charge in [-0.15, -0.1) is 0 Å². The lowest BCUT2D eigenvalue weighted by molar-refractivity contribution is 0.592. The minimum absolute atomic E-state index is 0.0344. The normalized spacial score (nSPS) is 11.8. The summed E-state index contributed by atoms with van der Waals surface area (Å²) in [5, 5.41) is 0.436. The molecule has 0 unspecified atom stereocenters. The summed E-state index contributed by atoms with van der Waals surface area (Å²) in [6, 6.07) is 9.39. The molecule has 4 nitrogen and oxygen atoms in total. The van der Waals surface area contributed by atoms with Gasteiger partial charge in [0.05, 0.1) is 10.4 Å². The number of halogens is 2. The van der Waals surface area contributed by atoms with Gasteiger partial charge in [-0.1, -0.05) is 18.5 Å². The van der Waals surface area contributed by atoms with Crippen molar-refractivity contribution in [3.8, 4) is 0 Å². The molecule has 3 rings (SSSR count). The molecule has 0 atom stereocenters. The van der Waals surface area contributed by atoms with Gasteiger partial charge in [-0.3, -0.25) is 4.79 Å². The van der Waals surface area contributed by atoms with Crippen molar-refractivity contribution >= 4 is 32.3 Å². The van der Waals surface area contributed by atoms with E-state index in [0.717, 1.165) is 12.5 Å². The van der Waals surface area contributed by atoms with Crippen LogP contribution in [0.5, 0.6) is 0 Å². The smallest absolute Gasteiger partial charge is 0.211 e. The Morgan fingerprint density at radius 3 is 2.44 bits per heavy atom. The maximum absolute atomic E-state index is 13.6. The number of nitrogens with zero attached hydrogens (tertiary/aromatic N) is 1. The molecule has 0 spiro atoms. The Hall–Kier alpha value is -2.18. The number of aryl methyl sites for hydroxylation is 1. The fraction of sp³-hybridized carbons (Fsp3) is 0.167. The molecule has 0 saturated carbocycles. The highest BCUT2D eigenvalue weighted by Crippen LogP contribution is 2.23. The number of fused-ring (bicyclic) bond motifs is 1. The van der Waals surface area contributed by atoms with Crippen molar-refractivity contribution in [2.75, 3.05) is 0 Å². The predicted molar refractivity (Wildman–Crippen MR) is 95.4 cm³/mol. The number of benzene rings is 2. The predicted octanol–water partition coefficient (Wildman–Crippen LogP) is 4.04. The van der Waals surface area contributed by atoms with E-state index in [1.54, 1.807) is 4.57 Å². The fourth-order valence-electron chi connectivity index (χ4n) is 2.70. The van der Waals surface area contributed by atoms with E-state index in [1.165, 1.54) is 42.6 Å². The van der Waals surface area contributed by atoms with E-state index in [1.807, 2.05) is 6.92 Å². The molecular weight excluding hydrogens is 365 g/mol. The number of aromatic nitrogens is 1. The van der Waals surface area contributed by atoms with Crippen LogP contribution in [-0.4, -0.2) is 13.0 Å². The van der Waals surface area contributed by atoms with E-state index in [0.29, 0.717) is 17.1 Å². The zero-order valence-electron chi connectivity index (χ0n) is 13.4. The minimum Gasteiger partial charge on any atom is -0.346 e. The summed E-state index contributed by atoms with van der Waals surface area (Å²) in [7, 11) is -4.05. The summed E-state index contributed by atoms with van der Waals surface area (Å²) in [5.74, 6) is -0.589. The molecule has 1 heterocycles. The van der Waals surface area contributed by atoms with Crippen LogP contribution in [0.2, 0.25) is 5.02 Å². The second-order valence-corrected chi connectivity index (χ2v) is 7.99. The van der Waals surface area contributed by atoms with Crippen LogP contribution in [-0.2, 0) is 16.4 Å². The second-order valence-electron chi connectivity index (χ2n) is 5.63. The van der Waals surface area contributed by atoms with Crippen molar-refractivity contribution in [3.63, 3.8) is 0 Å². The molecular formula is C18H15ClFNO3S. The zero-order valence-corrected chi connectivity index (χ0v) is 14.9. The van der Waals surface area contributed by atoms with E-state index in [-0.39, 0.29) is 15.2 Å². The molecule has 0 aliphatic rings. The lowest BCUT2D eigenvalue weighted by atomic mass is 10.2. The molecule has 0 bridgehead atoms. The van der Waals surface area contributed by atoms with Gasteiger partial charge < -0.3 is 4.57 Å². The van der Waals surface area contributed by atoms with Crippen LogP contribution in [0.1, 0.15) is 13.3 Å². The molecule has 1 aromatic heterocycles. The Bertz CT molecular complexity index is 1110. The van der Waals surface area contributed by atoms with Gasteiger partial charge in [0.15, 0.2) is 0 Å². The fourth-order valence-corrected chi connectivity index (χ4v) is 4.20. The molecule has 2 aromatic carbocycles. The minimum atomic E-state index is -4.05. The van der Waals surface area contributed by atoms with Crippen LogP contribution in [0.3, 0.4) is 0 Å². The molecule has 0 aliphatic carbocycles. The molecule has 0 aliphatic heterocycles. The van der Waals surface area contributed by atoms with Crippen LogP contribution in [0.15, 0.2) is 63.2 Å². The maximum atomic E-state index is 13.6. The SMILES string of the molecule is CCCn1cc(S(=O)(=O)c2ccc(Cl)cc2)c(=O)c2cc(F)ccc21. The van der Waals surface area contributed by atoms with Crippen molar-refractivity contribution in [3.05, 3.63) is 69.7 Å². The number of pyridine rings is 1. The quantitative estimate of drug-likeness (QED) is 0.687. The summed E-state index contributed by atoms with van der Waals surface area (Å²) in [6.45, 7) is 2.44. The zero-order chi connectivity index (χ0) is 18.2. The maximum Gasteiger partial charge on any atom is 0.211 e. The van der Waals surface area contributed by atoms with Crippen molar-refractivity contribution in [1.29, 1.82) is 0 Å². The highest BCUT2D eigenvalue weighted by molar-refractivity contribution is 7.91. The summed E-state index contributed by atoms with van der Waals surface area (Å²) < 4.78 is 41.1. The number of sulfone groups is 1. The third-order valence-corrected chi connectivity index (χ3v) is 5.90. The van der Waals surface area contributed by atoms with Crippen molar-refractivity contribution < 1.29 is 12.8 Å². The van der Waals surface area contributed by atoms with Crippen molar-refractivity contribution in [2.24, 2.45) is 0 Å². The van der Waals surface area contributed by atoms with Gasteiger partial charge in [0.1, 0.15) is 10.7 Å². The van der Waals surface area contributed by atoms with Gasteiger partial charge in [-0.05, 0) is 48.9 Å². The van der Waals surface area contributed by atoms with Gasteiger partial charge in [0, 0.05) is 23.2 Å². The number of rotatable bonds is 4. The molecule has 0 radical (unpaired) electrons. The van der Waals surface area contributed by atoms with Gasteiger partial charge in [0.2, 0.25) is 15.3 Å². The third kappa shape index (κ3) is 3.19. The first-order chi connectivity index (χ1) is 11.8.